The summed E-state index contributed by atoms with van der Waals surface area (Å²) >= 11 is 0. The monoisotopic (exact) mass is 265 g/mol. The highest BCUT2D eigenvalue weighted by atomic mass is 16.5. The molecule has 1 rings (SSSR count). The Morgan fingerprint density at radius 1 is 1.21 bits per heavy atom. The number of rotatable bonds is 8. The standard InChI is InChI=1S/C15H27N3O/c1-6-9-13(19-8-3)15-17-12(11(4)5)10-14(18-15)16-7-2/h10-11,13H,6-9H2,1-5H3,(H,16,17,18). The van der Waals surface area contributed by atoms with E-state index in [1.807, 2.05) is 13.0 Å². The van der Waals surface area contributed by atoms with Gasteiger partial charge in [-0.3, -0.25) is 0 Å². The highest BCUT2D eigenvalue weighted by molar-refractivity contribution is 5.37. The molecule has 108 valence electrons. The van der Waals surface area contributed by atoms with Crippen molar-refractivity contribution in [2.75, 3.05) is 18.5 Å². The maximum atomic E-state index is 5.78. The zero-order chi connectivity index (χ0) is 14.3. The van der Waals surface area contributed by atoms with Crippen LogP contribution in [0.1, 0.15) is 71.0 Å². The van der Waals surface area contributed by atoms with Crippen molar-refractivity contribution in [3.63, 3.8) is 0 Å². The van der Waals surface area contributed by atoms with Crippen molar-refractivity contribution in [3.8, 4) is 0 Å². The molecule has 0 aliphatic carbocycles. The normalized spacial score (nSPS) is 12.7. The van der Waals surface area contributed by atoms with E-state index in [0.717, 1.165) is 36.7 Å². The van der Waals surface area contributed by atoms with Gasteiger partial charge in [-0.25, -0.2) is 9.97 Å². The van der Waals surface area contributed by atoms with Gasteiger partial charge in [-0.05, 0) is 26.2 Å². The van der Waals surface area contributed by atoms with Gasteiger partial charge in [0.05, 0.1) is 0 Å². The summed E-state index contributed by atoms with van der Waals surface area (Å²) in [5, 5.41) is 3.28. The molecule has 0 radical (unpaired) electrons. The summed E-state index contributed by atoms with van der Waals surface area (Å²) in [5.74, 6) is 2.10. The third-order valence-corrected chi connectivity index (χ3v) is 2.92. The maximum absolute atomic E-state index is 5.78. The molecule has 4 nitrogen and oxygen atoms in total. The Labute approximate surface area is 117 Å². The van der Waals surface area contributed by atoms with E-state index in [1.54, 1.807) is 0 Å². The molecule has 0 fully saturated rings. The second-order valence-corrected chi connectivity index (χ2v) is 4.95. The Balaban J connectivity index is 3.07. The second kappa shape index (κ2) is 8.10. The molecule has 0 amide bonds. The van der Waals surface area contributed by atoms with Crippen molar-refractivity contribution in [2.45, 2.75) is 59.5 Å². The third kappa shape index (κ3) is 4.78. The quantitative estimate of drug-likeness (QED) is 0.774. The van der Waals surface area contributed by atoms with Gasteiger partial charge >= 0.3 is 0 Å². The van der Waals surface area contributed by atoms with Gasteiger partial charge in [-0.1, -0.05) is 27.2 Å². The summed E-state index contributed by atoms with van der Waals surface area (Å²) in [4.78, 5) is 9.27. The average molecular weight is 265 g/mol. The zero-order valence-corrected chi connectivity index (χ0v) is 12.9. The lowest BCUT2D eigenvalue weighted by Crippen LogP contribution is -2.13. The number of hydrogen-bond acceptors (Lipinski definition) is 4. The number of hydrogen-bond donors (Lipinski definition) is 1. The molecule has 0 saturated carbocycles. The minimum Gasteiger partial charge on any atom is -0.371 e. The van der Waals surface area contributed by atoms with Gasteiger partial charge in [0, 0.05) is 24.9 Å². The Morgan fingerprint density at radius 2 is 1.95 bits per heavy atom. The summed E-state index contributed by atoms with van der Waals surface area (Å²) in [6.07, 6.45) is 2.03. The fraction of sp³-hybridized carbons (Fsp3) is 0.733. The first-order chi connectivity index (χ1) is 9.12. The summed E-state index contributed by atoms with van der Waals surface area (Å²) < 4.78 is 5.78. The summed E-state index contributed by atoms with van der Waals surface area (Å²) in [7, 11) is 0. The van der Waals surface area contributed by atoms with Gasteiger partial charge in [-0.2, -0.15) is 0 Å². The predicted molar refractivity (Wildman–Crippen MR) is 79.6 cm³/mol. The van der Waals surface area contributed by atoms with Crippen molar-refractivity contribution < 1.29 is 4.74 Å². The lowest BCUT2D eigenvalue weighted by atomic mass is 10.1. The fourth-order valence-corrected chi connectivity index (χ4v) is 1.95. The minimum atomic E-state index is 0.00565. The number of nitrogens with one attached hydrogen (secondary N) is 1. The number of nitrogens with zero attached hydrogens (tertiary/aromatic N) is 2. The Bertz CT molecular complexity index is 374. The lowest BCUT2D eigenvalue weighted by Gasteiger charge is -2.18. The third-order valence-electron chi connectivity index (χ3n) is 2.92. The first-order valence-electron chi connectivity index (χ1n) is 7.36. The lowest BCUT2D eigenvalue weighted by molar-refractivity contribution is 0.0493. The Hall–Kier alpha value is -1.16. The molecule has 4 heteroatoms. The van der Waals surface area contributed by atoms with E-state index in [0.29, 0.717) is 12.5 Å². The van der Waals surface area contributed by atoms with E-state index in [1.165, 1.54) is 0 Å². The molecule has 1 unspecified atom stereocenters. The molecule has 0 aliphatic rings. The molecule has 1 heterocycles. The molecule has 1 atom stereocenters. The molecule has 1 aromatic rings. The van der Waals surface area contributed by atoms with Crippen molar-refractivity contribution in [1.29, 1.82) is 0 Å². The average Bonchev–Trinajstić information content (AvgIpc) is 2.38. The molecule has 0 bridgehead atoms. The van der Waals surface area contributed by atoms with Crippen LogP contribution in [0.2, 0.25) is 0 Å². The van der Waals surface area contributed by atoms with Crippen LogP contribution in [-0.4, -0.2) is 23.1 Å². The highest BCUT2D eigenvalue weighted by Crippen LogP contribution is 2.23. The molecule has 0 aliphatic heterocycles. The largest absolute Gasteiger partial charge is 0.371 e. The van der Waals surface area contributed by atoms with Crippen molar-refractivity contribution in [1.82, 2.24) is 9.97 Å². The van der Waals surface area contributed by atoms with E-state index in [9.17, 15) is 0 Å². The van der Waals surface area contributed by atoms with E-state index in [-0.39, 0.29) is 6.10 Å². The van der Waals surface area contributed by atoms with Gasteiger partial charge in [0.1, 0.15) is 11.9 Å². The molecule has 0 spiro atoms. The zero-order valence-electron chi connectivity index (χ0n) is 12.9. The minimum absolute atomic E-state index is 0.00565. The van der Waals surface area contributed by atoms with Crippen LogP contribution in [0.5, 0.6) is 0 Å². The topological polar surface area (TPSA) is 47.0 Å². The van der Waals surface area contributed by atoms with Crippen molar-refractivity contribution in [2.24, 2.45) is 0 Å². The number of anilines is 1. The van der Waals surface area contributed by atoms with E-state index >= 15 is 0 Å². The smallest absolute Gasteiger partial charge is 0.159 e. The van der Waals surface area contributed by atoms with Gasteiger partial charge in [-0.15, -0.1) is 0 Å². The summed E-state index contributed by atoms with van der Waals surface area (Å²) in [5.41, 5.74) is 1.07. The van der Waals surface area contributed by atoms with Crippen molar-refractivity contribution in [3.05, 3.63) is 17.6 Å². The van der Waals surface area contributed by atoms with Gasteiger partial charge in [0.2, 0.25) is 0 Å². The molecule has 1 N–H and O–H groups in total. The molecule has 1 aromatic heterocycles. The van der Waals surface area contributed by atoms with Crippen LogP contribution in [0.4, 0.5) is 5.82 Å². The van der Waals surface area contributed by atoms with Crippen LogP contribution in [0.25, 0.3) is 0 Å². The molecule has 0 saturated heterocycles. The summed E-state index contributed by atoms with van der Waals surface area (Å²) in [6.45, 7) is 12.1. The second-order valence-electron chi connectivity index (χ2n) is 4.95. The van der Waals surface area contributed by atoms with E-state index in [4.69, 9.17) is 4.74 Å². The Morgan fingerprint density at radius 3 is 2.47 bits per heavy atom. The first-order valence-corrected chi connectivity index (χ1v) is 7.36. The van der Waals surface area contributed by atoms with Gasteiger partial charge in [0.15, 0.2) is 5.82 Å². The molecular weight excluding hydrogens is 238 g/mol. The number of aromatic nitrogens is 2. The Kier molecular flexibility index (Phi) is 6.78. The van der Waals surface area contributed by atoms with Crippen LogP contribution in [0, 0.1) is 0 Å². The molecule has 0 aromatic carbocycles. The summed E-state index contributed by atoms with van der Waals surface area (Å²) in [6, 6.07) is 2.03. The molecule has 19 heavy (non-hydrogen) atoms. The number of ether oxygens (including phenoxy) is 1. The fourth-order valence-electron chi connectivity index (χ4n) is 1.95. The van der Waals surface area contributed by atoms with Gasteiger partial charge in [0.25, 0.3) is 0 Å². The van der Waals surface area contributed by atoms with Crippen LogP contribution in [-0.2, 0) is 4.74 Å². The SMILES string of the molecule is CCCC(OCC)c1nc(NCC)cc(C(C)C)n1. The maximum Gasteiger partial charge on any atom is 0.159 e. The predicted octanol–water partition coefficient (Wildman–Crippen LogP) is 3.91. The van der Waals surface area contributed by atoms with Crippen LogP contribution in [0.15, 0.2) is 6.07 Å². The van der Waals surface area contributed by atoms with E-state index in [2.05, 4.69) is 43.0 Å². The van der Waals surface area contributed by atoms with Crippen LogP contribution < -0.4 is 5.32 Å². The van der Waals surface area contributed by atoms with Gasteiger partial charge < -0.3 is 10.1 Å². The van der Waals surface area contributed by atoms with E-state index < -0.39 is 0 Å². The first kappa shape index (κ1) is 15.9. The van der Waals surface area contributed by atoms with Crippen molar-refractivity contribution >= 4 is 5.82 Å². The van der Waals surface area contributed by atoms with Crippen LogP contribution >= 0.6 is 0 Å². The van der Waals surface area contributed by atoms with Crippen LogP contribution in [0.3, 0.4) is 0 Å². The molecular formula is C15H27N3O. The highest BCUT2D eigenvalue weighted by Gasteiger charge is 2.16.